The molecule has 1 heterocycles. The normalized spacial score (nSPS) is 32.9. The molecule has 1 aliphatic carbocycles. The SMILES string of the molecule is NC1COCC1C(=O)NC1CCCCC1. The van der Waals surface area contributed by atoms with Crippen molar-refractivity contribution in [2.75, 3.05) is 13.2 Å². The molecule has 0 aromatic heterocycles. The molecule has 0 spiro atoms. The van der Waals surface area contributed by atoms with E-state index in [4.69, 9.17) is 10.5 Å². The number of ether oxygens (including phenoxy) is 1. The Kier molecular flexibility index (Phi) is 3.59. The summed E-state index contributed by atoms with van der Waals surface area (Å²) >= 11 is 0. The summed E-state index contributed by atoms with van der Waals surface area (Å²) in [5, 5.41) is 3.09. The van der Waals surface area contributed by atoms with Gasteiger partial charge in [-0.1, -0.05) is 19.3 Å². The van der Waals surface area contributed by atoms with Crippen LogP contribution in [0, 0.1) is 5.92 Å². The number of hydrogen-bond acceptors (Lipinski definition) is 3. The van der Waals surface area contributed by atoms with Crippen molar-refractivity contribution in [3.8, 4) is 0 Å². The highest BCUT2D eigenvalue weighted by atomic mass is 16.5. The predicted octanol–water partition coefficient (Wildman–Crippen LogP) is 0.409. The van der Waals surface area contributed by atoms with Crippen molar-refractivity contribution in [2.24, 2.45) is 11.7 Å². The largest absolute Gasteiger partial charge is 0.379 e. The predicted molar refractivity (Wildman–Crippen MR) is 57.3 cm³/mol. The van der Waals surface area contributed by atoms with Crippen LogP contribution in [-0.4, -0.2) is 31.2 Å². The van der Waals surface area contributed by atoms with Crippen LogP contribution in [0.25, 0.3) is 0 Å². The first-order chi connectivity index (χ1) is 7.27. The molecule has 1 amide bonds. The molecular formula is C11H20N2O2. The first-order valence-corrected chi connectivity index (χ1v) is 5.91. The fourth-order valence-electron chi connectivity index (χ4n) is 2.40. The zero-order valence-electron chi connectivity index (χ0n) is 9.08. The smallest absolute Gasteiger partial charge is 0.227 e. The molecule has 1 saturated heterocycles. The summed E-state index contributed by atoms with van der Waals surface area (Å²) in [6, 6.07) is 0.257. The maximum atomic E-state index is 11.9. The molecule has 4 nitrogen and oxygen atoms in total. The summed E-state index contributed by atoms with van der Waals surface area (Å²) in [5.74, 6) is -0.0428. The summed E-state index contributed by atoms with van der Waals surface area (Å²) in [7, 11) is 0. The molecule has 86 valence electrons. The summed E-state index contributed by atoms with van der Waals surface area (Å²) in [6.07, 6.45) is 6.01. The van der Waals surface area contributed by atoms with Crippen molar-refractivity contribution in [1.29, 1.82) is 0 Å². The lowest BCUT2D eigenvalue weighted by atomic mass is 9.94. The van der Waals surface area contributed by atoms with E-state index in [2.05, 4.69) is 5.32 Å². The number of carbonyl (C=O) groups is 1. The first kappa shape index (κ1) is 10.9. The van der Waals surface area contributed by atoms with Crippen LogP contribution in [0.4, 0.5) is 0 Å². The Balaban J connectivity index is 1.80. The number of nitrogens with one attached hydrogen (secondary N) is 1. The van der Waals surface area contributed by atoms with Crippen LogP contribution >= 0.6 is 0 Å². The Morgan fingerprint density at radius 3 is 2.53 bits per heavy atom. The van der Waals surface area contributed by atoms with Gasteiger partial charge < -0.3 is 15.8 Å². The Labute approximate surface area is 90.5 Å². The molecule has 2 fully saturated rings. The van der Waals surface area contributed by atoms with Crippen LogP contribution < -0.4 is 11.1 Å². The molecule has 3 N–H and O–H groups in total. The standard InChI is InChI=1S/C11H20N2O2/c12-10-7-15-6-9(10)11(14)13-8-4-2-1-3-5-8/h8-10H,1-7,12H2,(H,13,14). The molecule has 15 heavy (non-hydrogen) atoms. The molecule has 1 saturated carbocycles. The molecule has 2 aliphatic rings. The van der Waals surface area contributed by atoms with Crippen molar-refractivity contribution < 1.29 is 9.53 Å². The van der Waals surface area contributed by atoms with Crippen molar-refractivity contribution in [3.63, 3.8) is 0 Å². The van der Waals surface area contributed by atoms with E-state index < -0.39 is 0 Å². The quantitative estimate of drug-likeness (QED) is 0.696. The lowest BCUT2D eigenvalue weighted by molar-refractivity contribution is -0.126. The fraction of sp³-hybridized carbons (Fsp3) is 0.909. The van der Waals surface area contributed by atoms with E-state index in [-0.39, 0.29) is 17.9 Å². The van der Waals surface area contributed by atoms with E-state index in [1.165, 1.54) is 19.3 Å². The van der Waals surface area contributed by atoms with Crippen molar-refractivity contribution in [1.82, 2.24) is 5.32 Å². The summed E-state index contributed by atoms with van der Waals surface area (Å²) in [4.78, 5) is 11.9. The van der Waals surface area contributed by atoms with Crippen molar-refractivity contribution in [3.05, 3.63) is 0 Å². The van der Waals surface area contributed by atoms with Crippen LogP contribution in [0.2, 0.25) is 0 Å². The van der Waals surface area contributed by atoms with Crippen LogP contribution in [0.1, 0.15) is 32.1 Å². The zero-order valence-corrected chi connectivity index (χ0v) is 9.08. The van der Waals surface area contributed by atoms with Crippen LogP contribution in [0.3, 0.4) is 0 Å². The van der Waals surface area contributed by atoms with Gasteiger partial charge in [-0.25, -0.2) is 0 Å². The Morgan fingerprint density at radius 2 is 1.93 bits per heavy atom. The topological polar surface area (TPSA) is 64.3 Å². The lowest BCUT2D eigenvalue weighted by Crippen LogP contribution is -2.45. The van der Waals surface area contributed by atoms with E-state index in [1.54, 1.807) is 0 Å². The van der Waals surface area contributed by atoms with Crippen molar-refractivity contribution >= 4 is 5.91 Å². The zero-order chi connectivity index (χ0) is 10.7. The average Bonchev–Trinajstić information content (AvgIpc) is 2.66. The third kappa shape index (κ3) is 2.69. The van der Waals surface area contributed by atoms with E-state index in [0.717, 1.165) is 12.8 Å². The van der Waals surface area contributed by atoms with E-state index in [9.17, 15) is 4.79 Å². The second kappa shape index (κ2) is 4.94. The summed E-state index contributed by atoms with van der Waals surface area (Å²) < 4.78 is 5.19. The molecule has 2 rings (SSSR count). The second-order valence-electron chi connectivity index (χ2n) is 4.65. The van der Waals surface area contributed by atoms with Crippen LogP contribution in [0.5, 0.6) is 0 Å². The Bertz CT molecular complexity index is 227. The van der Waals surface area contributed by atoms with Crippen LogP contribution in [0.15, 0.2) is 0 Å². The van der Waals surface area contributed by atoms with Gasteiger partial charge in [-0.2, -0.15) is 0 Å². The van der Waals surface area contributed by atoms with Gasteiger partial charge in [0.2, 0.25) is 5.91 Å². The minimum atomic E-state index is -0.132. The molecule has 0 bridgehead atoms. The summed E-state index contributed by atoms with van der Waals surface area (Å²) in [6.45, 7) is 1.00. The van der Waals surface area contributed by atoms with Gasteiger partial charge in [-0.15, -0.1) is 0 Å². The van der Waals surface area contributed by atoms with Gasteiger partial charge in [0.1, 0.15) is 0 Å². The van der Waals surface area contributed by atoms with Gasteiger partial charge in [-0.3, -0.25) is 4.79 Å². The monoisotopic (exact) mass is 212 g/mol. The number of nitrogens with two attached hydrogens (primary N) is 1. The molecule has 0 aromatic carbocycles. The maximum Gasteiger partial charge on any atom is 0.227 e. The molecular weight excluding hydrogens is 192 g/mol. The molecule has 0 aromatic rings. The number of rotatable bonds is 2. The van der Waals surface area contributed by atoms with E-state index in [1.807, 2.05) is 0 Å². The molecule has 1 aliphatic heterocycles. The number of hydrogen-bond donors (Lipinski definition) is 2. The van der Waals surface area contributed by atoms with Gasteiger partial charge >= 0.3 is 0 Å². The minimum Gasteiger partial charge on any atom is -0.379 e. The van der Waals surface area contributed by atoms with Crippen molar-refractivity contribution in [2.45, 2.75) is 44.2 Å². The minimum absolute atomic E-state index is 0.0897. The summed E-state index contributed by atoms with van der Waals surface area (Å²) in [5.41, 5.74) is 5.80. The van der Waals surface area contributed by atoms with Gasteiger partial charge in [0.25, 0.3) is 0 Å². The average molecular weight is 212 g/mol. The molecule has 2 unspecified atom stereocenters. The molecule has 4 heteroatoms. The van der Waals surface area contributed by atoms with Crippen LogP contribution in [-0.2, 0) is 9.53 Å². The second-order valence-corrected chi connectivity index (χ2v) is 4.65. The van der Waals surface area contributed by atoms with Gasteiger partial charge in [0, 0.05) is 12.1 Å². The Morgan fingerprint density at radius 1 is 1.20 bits per heavy atom. The highest BCUT2D eigenvalue weighted by Gasteiger charge is 2.32. The molecule has 2 atom stereocenters. The first-order valence-electron chi connectivity index (χ1n) is 5.91. The number of amides is 1. The third-order valence-electron chi connectivity index (χ3n) is 3.41. The number of carbonyl (C=O) groups excluding carboxylic acids is 1. The van der Waals surface area contributed by atoms with E-state index >= 15 is 0 Å². The third-order valence-corrected chi connectivity index (χ3v) is 3.41. The Hall–Kier alpha value is -0.610. The van der Waals surface area contributed by atoms with Gasteiger partial charge in [0.15, 0.2) is 0 Å². The highest BCUT2D eigenvalue weighted by molar-refractivity contribution is 5.80. The highest BCUT2D eigenvalue weighted by Crippen LogP contribution is 2.19. The van der Waals surface area contributed by atoms with E-state index in [0.29, 0.717) is 19.3 Å². The van der Waals surface area contributed by atoms with Gasteiger partial charge in [-0.05, 0) is 12.8 Å². The fourth-order valence-corrected chi connectivity index (χ4v) is 2.40. The molecule has 0 radical (unpaired) electrons. The van der Waals surface area contributed by atoms with Gasteiger partial charge in [0.05, 0.1) is 19.1 Å². The lowest BCUT2D eigenvalue weighted by Gasteiger charge is -2.24. The maximum absolute atomic E-state index is 11.9.